The van der Waals surface area contributed by atoms with Gasteiger partial charge >= 0.3 is 5.97 Å². The Bertz CT molecular complexity index is 353. The minimum Gasteiger partial charge on any atom is -0.456 e. The predicted molar refractivity (Wildman–Crippen MR) is 63.5 cm³/mol. The van der Waals surface area contributed by atoms with E-state index in [0.717, 1.165) is 25.7 Å². The van der Waals surface area contributed by atoms with Crippen LogP contribution in [0.5, 0.6) is 0 Å². The molecule has 0 aromatic heterocycles. The van der Waals surface area contributed by atoms with E-state index < -0.39 is 0 Å². The van der Waals surface area contributed by atoms with Gasteiger partial charge in [0.15, 0.2) is 0 Å². The third-order valence-corrected chi connectivity index (χ3v) is 5.51. The van der Waals surface area contributed by atoms with Crippen LogP contribution < -0.4 is 0 Å². The van der Waals surface area contributed by atoms with Crippen LogP contribution >= 0.6 is 0 Å². The monoisotopic (exact) mass is 238 g/mol. The zero-order chi connectivity index (χ0) is 12.3. The fraction of sp³-hybridized carbons (Fsp3) is 0.929. The SMILES string of the molecule is CC[C@H]1C[C@]2(CC)OC[C@]3(CC)OC(=O)[C@H]1[C@H]23. The maximum atomic E-state index is 12.2. The molecule has 2 saturated heterocycles. The second-order valence-corrected chi connectivity index (χ2v) is 5.92. The zero-order valence-corrected chi connectivity index (χ0v) is 11.0. The maximum Gasteiger partial charge on any atom is 0.310 e. The average molecular weight is 238 g/mol. The zero-order valence-electron chi connectivity index (χ0n) is 11.0. The second-order valence-electron chi connectivity index (χ2n) is 5.92. The van der Waals surface area contributed by atoms with Crippen molar-refractivity contribution in [3.63, 3.8) is 0 Å². The largest absolute Gasteiger partial charge is 0.456 e. The van der Waals surface area contributed by atoms with Gasteiger partial charge in [-0.3, -0.25) is 4.79 Å². The highest BCUT2D eigenvalue weighted by Crippen LogP contribution is 2.63. The Hall–Kier alpha value is -0.570. The van der Waals surface area contributed by atoms with Crippen molar-refractivity contribution in [2.75, 3.05) is 6.61 Å². The molecule has 17 heavy (non-hydrogen) atoms. The molecule has 0 N–H and O–H groups in total. The van der Waals surface area contributed by atoms with Gasteiger partial charge < -0.3 is 9.47 Å². The summed E-state index contributed by atoms with van der Waals surface area (Å²) < 4.78 is 11.9. The summed E-state index contributed by atoms with van der Waals surface area (Å²) in [6.45, 7) is 7.09. The molecule has 3 nitrogen and oxygen atoms in total. The smallest absolute Gasteiger partial charge is 0.310 e. The van der Waals surface area contributed by atoms with Gasteiger partial charge in [-0.15, -0.1) is 0 Å². The summed E-state index contributed by atoms with van der Waals surface area (Å²) in [6, 6.07) is 0. The van der Waals surface area contributed by atoms with E-state index in [0.29, 0.717) is 18.4 Å². The highest BCUT2D eigenvalue weighted by atomic mass is 16.6. The molecular formula is C14H22O3. The van der Waals surface area contributed by atoms with Crippen LogP contribution in [0.1, 0.15) is 46.5 Å². The fourth-order valence-corrected chi connectivity index (χ4v) is 4.56. The van der Waals surface area contributed by atoms with Gasteiger partial charge in [0.1, 0.15) is 5.60 Å². The van der Waals surface area contributed by atoms with Crippen LogP contribution in [0, 0.1) is 17.8 Å². The van der Waals surface area contributed by atoms with Gasteiger partial charge in [0.25, 0.3) is 0 Å². The van der Waals surface area contributed by atoms with E-state index >= 15 is 0 Å². The molecule has 0 aromatic carbocycles. The van der Waals surface area contributed by atoms with Gasteiger partial charge in [0.05, 0.1) is 18.1 Å². The molecule has 3 heteroatoms. The normalized spacial score (nSPS) is 51.7. The first-order valence-electron chi connectivity index (χ1n) is 6.99. The Morgan fingerprint density at radius 1 is 1.24 bits per heavy atom. The molecule has 3 fully saturated rings. The van der Waals surface area contributed by atoms with E-state index in [1.807, 2.05) is 0 Å². The molecule has 0 radical (unpaired) electrons. The summed E-state index contributed by atoms with van der Waals surface area (Å²) in [5.41, 5.74) is -0.380. The molecule has 0 amide bonds. The van der Waals surface area contributed by atoms with Crippen molar-refractivity contribution in [1.29, 1.82) is 0 Å². The number of carbonyl (C=O) groups excluding carboxylic acids is 1. The molecule has 5 atom stereocenters. The molecule has 1 aliphatic carbocycles. The van der Waals surface area contributed by atoms with E-state index in [4.69, 9.17) is 9.47 Å². The van der Waals surface area contributed by atoms with Crippen molar-refractivity contribution in [2.24, 2.45) is 17.8 Å². The first-order valence-corrected chi connectivity index (χ1v) is 6.99. The van der Waals surface area contributed by atoms with Crippen LogP contribution in [-0.2, 0) is 14.3 Å². The molecule has 3 aliphatic rings. The van der Waals surface area contributed by atoms with Crippen molar-refractivity contribution >= 4 is 5.97 Å². The number of hydrogen-bond donors (Lipinski definition) is 0. The lowest BCUT2D eigenvalue weighted by Gasteiger charge is -2.30. The van der Waals surface area contributed by atoms with Gasteiger partial charge in [-0.25, -0.2) is 0 Å². The molecule has 0 bridgehead atoms. The van der Waals surface area contributed by atoms with Gasteiger partial charge in [-0.2, -0.15) is 0 Å². The van der Waals surface area contributed by atoms with E-state index in [-0.39, 0.29) is 23.1 Å². The van der Waals surface area contributed by atoms with E-state index in [2.05, 4.69) is 20.8 Å². The third-order valence-electron chi connectivity index (χ3n) is 5.51. The summed E-state index contributed by atoms with van der Waals surface area (Å²) in [6.07, 6.45) is 3.99. The minimum absolute atomic E-state index is 0.0438. The lowest BCUT2D eigenvalue weighted by molar-refractivity contribution is -0.153. The number of carbonyl (C=O) groups is 1. The van der Waals surface area contributed by atoms with Gasteiger partial charge in [-0.05, 0) is 25.2 Å². The number of ether oxygens (including phenoxy) is 2. The molecule has 0 aromatic rings. The number of hydrogen-bond acceptors (Lipinski definition) is 3. The predicted octanol–water partition coefficient (Wildman–Crippen LogP) is 2.53. The lowest BCUT2D eigenvalue weighted by Crippen LogP contribution is -2.40. The highest BCUT2D eigenvalue weighted by Gasteiger charge is 2.72. The molecular weight excluding hydrogens is 216 g/mol. The minimum atomic E-state index is -0.304. The highest BCUT2D eigenvalue weighted by molar-refractivity contribution is 5.78. The van der Waals surface area contributed by atoms with E-state index in [1.54, 1.807) is 0 Å². The van der Waals surface area contributed by atoms with Crippen molar-refractivity contribution in [3.8, 4) is 0 Å². The van der Waals surface area contributed by atoms with Crippen LogP contribution in [0.25, 0.3) is 0 Å². The Balaban J connectivity index is 2.05. The maximum absolute atomic E-state index is 12.2. The van der Waals surface area contributed by atoms with Crippen LogP contribution in [0.2, 0.25) is 0 Å². The molecule has 1 saturated carbocycles. The van der Waals surface area contributed by atoms with Gasteiger partial charge in [0, 0.05) is 5.92 Å². The number of esters is 1. The summed E-state index contributed by atoms with van der Waals surface area (Å²) in [5, 5.41) is 0. The Kier molecular flexibility index (Phi) is 2.35. The fourth-order valence-electron chi connectivity index (χ4n) is 4.56. The molecule has 2 heterocycles. The van der Waals surface area contributed by atoms with Crippen molar-refractivity contribution in [3.05, 3.63) is 0 Å². The van der Waals surface area contributed by atoms with Crippen molar-refractivity contribution in [2.45, 2.75) is 57.7 Å². The number of rotatable bonds is 3. The molecule has 0 unspecified atom stereocenters. The van der Waals surface area contributed by atoms with Crippen LogP contribution in [0.4, 0.5) is 0 Å². The van der Waals surface area contributed by atoms with Crippen LogP contribution in [0.15, 0.2) is 0 Å². The Labute approximate surface area is 103 Å². The Morgan fingerprint density at radius 3 is 2.53 bits per heavy atom. The topological polar surface area (TPSA) is 35.5 Å². The van der Waals surface area contributed by atoms with Crippen molar-refractivity contribution in [1.82, 2.24) is 0 Å². The van der Waals surface area contributed by atoms with Gasteiger partial charge in [-0.1, -0.05) is 27.2 Å². The molecule has 96 valence electrons. The average Bonchev–Trinajstić information content (AvgIpc) is 2.93. The quantitative estimate of drug-likeness (QED) is 0.709. The lowest BCUT2D eigenvalue weighted by atomic mass is 9.75. The standard InChI is InChI=1S/C14H22O3/c1-4-9-7-13(5-2)11-10(9)12(15)17-14(11,6-3)8-16-13/h9-11H,4-8H2,1-3H3/t9-,10+,11+,13-,14-/m0/s1. The third kappa shape index (κ3) is 1.19. The summed E-state index contributed by atoms with van der Waals surface area (Å²) in [4.78, 5) is 12.2. The van der Waals surface area contributed by atoms with E-state index in [9.17, 15) is 4.79 Å². The van der Waals surface area contributed by atoms with Gasteiger partial charge in [0.2, 0.25) is 0 Å². The summed E-state index contributed by atoms with van der Waals surface area (Å²) >= 11 is 0. The van der Waals surface area contributed by atoms with Crippen LogP contribution in [0.3, 0.4) is 0 Å². The second kappa shape index (κ2) is 3.47. The first kappa shape index (κ1) is 11.5. The Morgan fingerprint density at radius 2 is 1.94 bits per heavy atom. The van der Waals surface area contributed by atoms with Crippen molar-refractivity contribution < 1.29 is 14.3 Å². The summed E-state index contributed by atoms with van der Waals surface area (Å²) in [7, 11) is 0. The summed E-state index contributed by atoms with van der Waals surface area (Å²) in [5.74, 6) is 0.911. The first-order chi connectivity index (χ1) is 8.12. The molecule has 0 spiro atoms. The van der Waals surface area contributed by atoms with E-state index in [1.165, 1.54) is 0 Å². The molecule has 3 rings (SSSR count). The molecule has 2 aliphatic heterocycles. The van der Waals surface area contributed by atoms with Crippen LogP contribution in [-0.4, -0.2) is 23.8 Å².